The standard InChI is InChI=1S/C15H26O5/c1-2-7-17-15(6-1)18-9-8-16-13-4-3-5-14(13)20-11-12-10-19-12/h12-15H,1-11H2. The van der Waals surface area contributed by atoms with Crippen LogP contribution in [0.5, 0.6) is 0 Å². The molecule has 5 nitrogen and oxygen atoms in total. The van der Waals surface area contributed by atoms with Gasteiger partial charge in [-0.2, -0.15) is 0 Å². The monoisotopic (exact) mass is 286 g/mol. The topological polar surface area (TPSA) is 49.5 Å². The molecular formula is C15H26O5. The van der Waals surface area contributed by atoms with Crippen LogP contribution in [0.3, 0.4) is 0 Å². The number of hydrogen-bond acceptors (Lipinski definition) is 5. The largest absolute Gasteiger partial charge is 0.373 e. The Kier molecular flexibility index (Phi) is 5.67. The summed E-state index contributed by atoms with van der Waals surface area (Å²) in [5.41, 5.74) is 0. The van der Waals surface area contributed by atoms with E-state index in [-0.39, 0.29) is 18.5 Å². The van der Waals surface area contributed by atoms with Crippen molar-refractivity contribution in [3.8, 4) is 0 Å². The van der Waals surface area contributed by atoms with E-state index in [2.05, 4.69) is 0 Å². The molecule has 3 rings (SSSR count). The van der Waals surface area contributed by atoms with Crippen LogP contribution in [0, 0.1) is 0 Å². The van der Waals surface area contributed by atoms with Gasteiger partial charge in [0.25, 0.3) is 0 Å². The van der Waals surface area contributed by atoms with Crippen LogP contribution in [-0.4, -0.2) is 57.6 Å². The van der Waals surface area contributed by atoms with Gasteiger partial charge >= 0.3 is 0 Å². The predicted molar refractivity (Wildman–Crippen MR) is 72.6 cm³/mol. The van der Waals surface area contributed by atoms with Crippen LogP contribution in [0.2, 0.25) is 0 Å². The molecule has 5 heteroatoms. The van der Waals surface area contributed by atoms with Crippen LogP contribution in [0.1, 0.15) is 38.5 Å². The molecule has 3 fully saturated rings. The van der Waals surface area contributed by atoms with Crippen molar-refractivity contribution >= 4 is 0 Å². The molecule has 0 spiro atoms. The van der Waals surface area contributed by atoms with Crippen molar-refractivity contribution in [2.45, 2.75) is 63.1 Å². The zero-order valence-corrected chi connectivity index (χ0v) is 12.1. The van der Waals surface area contributed by atoms with Gasteiger partial charge in [-0.15, -0.1) is 0 Å². The van der Waals surface area contributed by atoms with Crippen molar-refractivity contribution in [3.63, 3.8) is 0 Å². The fourth-order valence-electron chi connectivity index (χ4n) is 2.89. The summed E-state index contributed by atoms with van der Waals surface area (Å²) in [6.07, 6.45) is 7.53. The first kappa shape index (κ1) is 14.7. The van der Waals surface area contributed by atoms with Crippen molar-refractivity contribution in [1.82, 2.24) is 0 Å². The lowest BCUT2D eigenvalue weighted by Gasteiger charge is -2.24. The summed E-state index contributed by atoms with van der Waals surface area (Å²) in [6.45, 7) is 3.64. The lowest BCUT2D eigenvalue weighted by molar-refractivity contribution is -0.174. The van der Waals surface area contributed by atoms with E-state index in [1.165, 1.54) is 12.8 Å². The zero-order chi connectivity index (χ0) is 13.6. The van der Waals surface area contributed by atoms with E-state index >= 15 is 0 Å². The molecule has 116 valence electrons. The lowest BCUT2D eigenvalue weighted by atomic mass is 10.2. The first-order chi connectivity index (χ1) is 9.92. The highest BCUT2D eigenvalue weighted by Crippen LogP contribution is 2.26. The summed E-state index contributed by atoms with van der Waals surface area (Å²) >= 11 is 0. The Hall–Kier alpha value is -0.200. The summed E-state index contributed by atoms with van der Waals surface area (Å²) in [5.74, 6) is 0. The minimum absolute atomic E-state index is 0.0185. The Labute approximate surface area is 120 Å². The second-order valence-corrected chi connectivity index (χ2v) is 5.83. The molecular weight excluding hydrogens is 260 g/mol. The van der Waals surface area contributed by atoms with Crippen LogP contribution in [0.25, 0.3) is 0 Å². The minimum atomic E-state index is -0.0185. The van der Waals surface area contributed by atoms with E-state index in [1.807, 2.05) is 0 Å². The smallest absolute Gasteiger partial charge is 0.157 e. The molecule has 1 aliphatic carbocycles. The minimum Gasteiger partial charge on any atom is -0.373 e. The summed E-state index contributed by atoms with van der Waals surface area (Å²) in [6, 6.07) is 0. The Bertz CT molecular complexity index is 275. The van der Waals surface area contributed by atoms with Crippen molar-refractivity contribution < 1.29 is 23.7 Å². The summed E-state index contributed by atoms with van der Waals surface area (Å²) in [4.78, 5) is 0. The van der Waals surface area contributed by atoms with Crippen molar-refractivity contribution in [2.75, 3.05) is 33.0 Å². The van der Waals surface area contributed by atoms with Gasteiger partial charge in [-0.3, -0.25) is 0 Å². The number of ether oxygens (including phenoxy) is 5. The zero-order valence-electron chi connectivity index (χ0n) is 12.1. The van der Waals surface area contributed by atoms with Gasteiger partial charge < -0.3 is 23.7 Å². The van der Waals surface area contributed by atoms with Gasteiger partial charge in [0.2, 0.25) is 0 Å². The third-order valence-electron chi connectivity index (χ3n) is 4.15. The molecule has 0 N–H and O–H groups in total. The van der Waals surface area contributed by atoms with Crippen molar-refractivity contribution in [3.05, 3.63) is 0 Å². The molecule has 2 aliphatic heterocycles. The lowest BCUT2D eigenvalue weighted by Crippen LogP contribution is -2.30. The van der Waals surface area contributed by atoms with Crippen LogP contribution >= 0.6 is 0 Å². The SMILES string of the molecule is C1CCC(OCCOC2CCCC2OCC2CO2)OC1. The first-order valence-electron chi connectivity index (χ1n) is 8.00. The summed E-state index contributed by atoms with van der Waals surface area (Å²) in [7, 11) is 0. The third kappa shape index (κ3) is 4.67. The Morgan fingerprint density at radius 2 is 1.60 bits per heavy atom. The van der Waals surface area contributed by atoms with Gasteiger partial charge in [0, 0.05) is 6.61 Å². The highest BCUT2D eigenvalue weighted by atomic mass is 16.7. The van der Waals surface area contributed by atoms with Gasteiger partial charge in [0.1, 0.15) is 6.10 Å². The molecule has 0 amide bonds. The van der Waals surface area contributed by atoms with E-state index in [9.17, 15) is 0 Å². The van der Waals surface area contributed by atoms with Crippen LogP contribution in [-0.2, 0) is 23.7 Å². The summed E-state index contributed by atoms with van der Waals surface area (Å²) in [5, 5.41) is 0. The van der Waals surface area contributed by atoms with E-state index < -0.39 is 0 Å². The molecule has 3 aliphatic rings. The maximum absolute atomic E-state index is 5.91. The van der Waals surface area contributed by atoms with Gasteiger partial charge in [-0.05, 0) is 38.5 Å². The number of hydrogen-bond donors (Lipinski definition) is 0. The first-order valence-corrected chi connectivity index (χ1v) is 8.00. The molecule has 0 aromatic carbocycles. The number of epoxide rings is 1. The quantitative estimate of drug-likeness (QED) is 0.504. The van der Waals surface area contributed by atoms with E-state index in [0.29, 0.717) is 19.3 Å². The van der Waals surface area contributed by atoms with Crippen molar-refractivity contribution in [1.29, 1.82) is 0 Å². The Balaban J connectivity index is 1.26. The highest BCUT2D eigenvalue weighted by Gasteiger charge is 2.31. The molecule has 0 aromatic rings. The van der Waals surface area contributed by atoms with E-state index in [4.69, 9.17) is 23.7 Å². The molecule has 1 saturated carbocycles. The van der Waals surface area contributed by atoms with Crippen LogP contribution in [0.15, 0.2) is 0 Å². The molecule has 0 aromatic heterocycles. The molecule has 2 saturated heterocycles. The van der Waals surface area contributed by atoms with E-state index in [0.717, 1.165) is 45.5 Å². The molecule has 0 radical (unpaired) electrons. The van der Waals surface area contributed by atoms with Gasteiger partial charge in [0.15, 0.2) is 6.29 Å². The van der Waals surface area contributed by atoms with Crippen molar-refractivity contribution in [2.24, 2.45) is 0 Å². The second kappa shape index (κ2) is 7.71. The fourth-order valence-corrected chi connectivity index (χ4v) is 2.89. The molecule has 2 heterocycles. The number of rotatable bonds is 8. The molecule has 4 atom stereocenters. The summed E-state index contributed by atoms with van der Waals surface area (Å²) < 4.78 is 28.2. The third-order valence-corrected chi connectivity index (χ3v) is 4.15. The van der Waals surface area contributed by atoms with Gasteiger partial charge in [0.05, 0.1) is 38.6 Å². The van der Waals surface area contributed by atoms with Gasteiger partial charge in [-0.1, -0.05) is 0 Å². The predicted octanol–water partition coefficient (Wildman–Crippen LogP) is 1.88. The Morgan fingerprint density at radius 3 is 2.35 bits per heavy atom. The normalized spacial score (nSPS) is 37.2. The fraction of sp³-hybridized carbons (Fsp3) is 1.00. The Morgan fingerprint density at radius 1 is 0.800 bits per heavy atom. The molecule has 4 unspecified atom stereocenters. The van der Waals surface area contributed by atoms with Crippen LogP contribution < -0.4 is 0 Å². The molecule has 20 heavy (non-hydrogen) atoms. The highest BCUT2D eigenvalue weighted by molar-refractivity contribution is 4.80. The second-order valence-electron chi connectivity index (χ2n) is 5.83. The van der Waals surface area contributed by atoms with Gasteiger partial charge in [-0.25, -0.2) is 0 Å². The molecule has 0 bridgehead atoms. The average Bonchev–Trinajstić information content (AvgIpc) is 3.21. The average molecular weight is 286 g/mol. The van der Waals surface area contributed by atoms with E-state index in [1.54, 1.807) is 0 Å². The van der Waals surface area contributed by atoms with Crippen LogP contribution in [0.4, 0.5) is 0 Å². The maximum Gasteiger partial charge on any atom is 0.157 e. The maximum atomic E-state index is 5.91.